The lowest BCUT2D eigenvalue weighted by Crippen LogP contribution is -2.30. The van der Waals surface area contributed by atoms with E-state index >= 15 is 0 Å². The highest BCUT2D eigenvalue weighted by Gasteiger charge is 2.23. The molecule has 0 saturated carbocycles. The molecule has 31 heavy (non-hydrogen) atoms. The molecular weight excluding hydrogens is 436 g/mol. The van der Waals surface area contributed by atoms with Crippen LogP contribution in [0.15, 0.2) is 76.3 Å². The summed E-state index contributed by atoms with van der Waals surface area (Å²) in [5.74, 6) is -1.12. The Kier molecular flexibility index (Phi) is 7.09. The lowest BCUT2D eigenvalue weighted by Gasteiger charge is -2.19. The van der Waals surface area contributed by atoms with Crippen molar-refractivity contribution in [3.05, 3.63) is 82.6 Å². The van der Waals surface area contributed by atoms with Crippen LogP contribution in [0.5, 0.6) is 0 Å². The highest BCUT2D eigenvalue weighted by Crippen LogP contribution is 2.22. The van der Waals surface area contributed by atoms with E-state index < -0.39 is 22.6 Å². The first kappa shape index (κ1) is 22.5. The first-order chi connectivity index (χ1) is 14.8. The second-order valence-electron chi connectivity index (χ2n) is 6.79. The number of carbonyl (C=O) groups is 2. The summed E-state index contributed by atoms with van der Waals surface area (Å²) in [6.45, 7) is -0.0141. The van der Waals surface area contributed by atoms with E-state index in [9.17, 15) is 18.0 Å². The zero-order valence-corrected chi connectivity index (χ0v) is 18.7. The number of carbonyl (C=O) groups excluding carboxylic acids is 2. The number of anilines is 1. The van der Waals surface area contributed by atoms with Crippen molar-refractivity contribution in [3.63, 3.8) is 0 Å². The fourth-order valence-electron chi connectivity index (χ4n) is 2.78. The number of likely N-dealkylation sites (N-methyl/N-ethyl adjacent to an activating group) is 1. The normalized spacial score (nSPS) is 11.0. The molecular formula is C22H22N2O5S2. The van der Waals surface area contributed by atoms with Crippen LogP contribution in [0.4, 0.5) is 5.69 Å². The lowest BCUT2D eigenvalue weighted by molar-refractivity contribution is -0.133. The highest BCUT2D eigenvalue weighted by atomic mass is 32.2. The van der Waals surface area contributed by atoms with Crippen molar-refractivity contribution in [1.82, 2.24) is 4.90 Å². The van der Waals surface area contributed by atoms with Gasteiger partial charge >= 0.3 is 5.97 Å². The summed E-state index contributed by atoms with van der Waals surface area (Å²) in [5.41, 5.74) is 1.54. The van der Waals surface area contributed by atoms with Gasteiger partial charge in [-0.05, 0) is 52.7 Å². The summed E-state index contributed by atoms with van der Waals surface area (Å²) >= 11 is 1.54. The van der Waals surface area contributed by atoms with Crippen LogP contribution in [0, 0.1) is 0 Å². The smallest absolute Gasteiger partial charge is 0.338 e. The molecule has 0 aliphatic rings. The molecule has 0 unspecified atom stereocenters. The Labute approximate surface area is 185 Å². The van der Waals surface area contributed by atoms with Gasteiger partial charge in [-0.2, -0.15) is 11.3 Å². The summed E-state index contributed by atoms with van der Waals surface area (Å²) in [6, 6.07) is 16.1. The Morgan fingerprint density at radius 1 is 1.00 bits per heavy atom. The Morgan fingerprint density at radius 2 is 1.74 bits per heavy atom. The zero-order valence-electron chi connectivity index (χ0n) is 17.1. The number of ether oxygens (including phenoxy) is 1. The third kappa shape index (κ3) is 5.50. The maximum atomic E-state index is 12.9. The SMILES string of the molecule is CN(Cc1ccsc1)C(=O)COC(=O)c1cccc(S(=O)(=O)N(C)c2ccccc2)c1. The molecule has 2 aromatic carbocycles. The largest absolute Gasteiger partial charge is 0.452 e. The molecule has 3 aromatic rings. The van der Waals surface area contributed by atoms with Crippen LogP contribution >= 0.6 is 11.3 Å². The van der Waals surface area contributed by atoms with Crippen LogP contribution in [-0.4, -0.2) is 45.9 Å². The topological polar surface area (TPSA) is 84.0 Å². The summed E-state index contributed by atoms with van der Waals surface area (Å²) in [6.07, 6.45) is 0. The lowest BCUT2D eigenvalue weighted by atomic mass is 10.2. The van der Waals surface area contributed by atoms with E-state index in [0.29, 0.717) is 12.2 Å². The van der Waals surface area contributed by atoms with E-state index in [2.05, 4.69) is 0 Å². The molecule has 3 rings (SSSR count). The van der Waals surface area contributed by atoms with Gasteiger partial charge < -0.3 is 9.64 Å². The van der Waals surface area contributed by atoms with Crippen LogP contribution in [0.3, 0.4) is 0 Å². The Balaban J connectivity index is 1.66. The summed E-state index contributed by atoms with van der Waals surface area (Å²) in [5, 5.41) is 3.86. The van der Waals surface area contributed by atoms with Gasteiger partial charge in [0.1, 0.15) is 0 Å². The Bertz CT molecular complexity index is 1150. The molecule has 1 aromatic heterocycles. The third-order valence-electron chi connectivity index (χ3n) is 4.60. The fraction of sp³-hybridized carbons (Fsp3) is 0.182. The van der Waals surface area contributed by atoms with Gasteiger partial charge in [0.2, 0.25) is 0 Å². The maximum absolute atomic E-state index is 12.9. The maximum Gasteiger partial charge on any atom is 0.338 e. The summed E-state index contributed by atoms with van der Waals surface area (Å²) in [7, 11) is -0.803. The number of thiophene rings is 1. The second kappa shape index (κ2) is 9.76. The van der Waals surface area contributed by atoms with Crippen LogP contribution < -0.4 is 4.31 Å². The van der Waals surface area contributed by atoms with Crippen LogP contribution in [0.2, 0.25) is 0 Å². The van der Waals surface area contributed by atoms with Crippen molar-refractivity contribution in [2.75, 3.05) is 25.0 Å². The van der Waals surface area contributed by atoms with Crippen molar-refractivity contribution in [1.29, 1.82) is 0 Å². The van der Waals surface area contributed by atoms with Gasteiger partial charge in [0, 0.05) is 20.6 Å². The average Bonchev–Trinajstić information content (AvgIpc) is 3.30. The van der Waals surface area contributed by atoms with Crippen molar-refractivity contribution in [2.45, 2.75) is 11.4 Å². The van der Waals surface area contributed by atoms with E-state index in [1.807, 2.05) is 16.8 Å². The molecule has 0 radical (unpaired) electrons. The van der Waals surface area contributed by atoms with Crippen LogP contribution in [0.25, 0.3) is 0 Å². The molecule has 0 saturated heterocycles. The van der Waals surface area contributed by atoms with E-state index in [-0.39, 0.29) is 16.4 Å². The summed E-state index contributed by atoms with van der Waals surface area (Å²) < 4.78 is 32.1. The standard InChI is InChI=1S/C22H22N2O5S2/c1-23(14-17-11-12-30-16-17)21(25)15-29-22(26)18-7-6-10-20(13-18)31(27,28)24(2)19-8-4-3-5-9-19/h3-13,16H,14-15H2,1-2H3. The molecule has 9 heteroatoms. The molecule has 0 atom stereocenters. The van der Waals surface area contributed by atoms with Crippen molar-refractivity contribution < 1.29 is 22.7 Å². The predicted molar refractivity (Wildman–Crippen MR) is 120 cm³/mol. The molecule has 0 bridgehead atoms. The first-order valence-electron chi connectivity index (χ1n) is 9.35. The highest BCUT2D eigenvalue weighted by molar-refractivity contribution is 7.92. The van der Waals surface area contributed by atoms with Gasteiger partial charge in [-0.25, -0.2) is 13.2 Å². The van der Waals surface area contributed by atoms with Gasteiger partial charge in [0.15, 0.2) is 6.61 Å². The van der Waals surface area contributed by atoms with Crippen LogP contribution in [-0.2, 0) is 26.1 Å². The van der Waals surface area contributed by atoms with Gasteiger partial charge in [0.25, 0.3) is 15.9 Å². The number of para-hydroxylation sites is 1. The molecule has 0 spiro atoms. The van der Waals surface area contributed by atoms with E-state index in [1.165, 1.54) is 47.5 Å². The molecule has 7 nitrogen and oxygen atoms in total. The average molecular weight is 459 g/mol. The minimum Gasteiger partial charge on any atom is -0.452 e. The number of esters is 1. The molecule has 0 aliphatic heterocycles. The number of benzene rings is 2. The third-order valence-corrected chi connectivity index (χ3v) is 7.11. The first-order valence-corrected chi connectivity index (χ1v) is 11.7. The van der Waals surface area contributed by atoms with Gasteiger partial charge in [-0.3, -0.25) is 9.10 Å². The number of nitrogens with zero attached hydrogens (tertiary/aromatic N) is 2. The molecule has 0 N–H and O–H groups in total. The van der Waals surface area contributed by atoms with Gasteiger partial charge in [-0.15, -0.1) is 0 Å². The molecule has 0 fully saturated rings. The quantitative estimate of drug-likeness (QED) is 0.483. The predicted octanol–water partition coefficient (Wildman–Crippen LogP) is 3.39. The molecule has 1 heterocycles. The van der Waals surface area contributed by atoms with E-state index in [4.69, 9.17) is 4.74 Å². The minimum absolute atomic E-state index is 0.0470. The van der Waals surface area contributed by atoms with Crippen LogP contribution in [0.1, 0.15) is 15.9 Å². The van der Waals surface area contributed by atoms with E-state index in [0.717, 1.165) is 9.87 Å². The molecule has 1 amide bonds. The number of amides is 1. The van der Waals surface area contributed by atoms with Crippen molar-refractivity contribution in [2.24, 2.45) is 0 Å². The summed E-state index contributed by atoms with van der Waals surface area (Å²) in [4.78, 5) is 26.1. The van der Waals surface area contributed by atoms with Crippen molar-refractivity contribution >= 4 is 38.9 Å². The van der Waals surface area contributed by atoms with Gasteiger partial charge in [-0.1, -0.05) is 24.3 Å². The zero-order chi connectivity index (χ0) is 22.4. The number of sulfonamides is 1. The molecule has 162 valence electrons. The number of hydrogen-bond donors (Lipinski definition) is 0. The van der Waals surface area contributed by atoms with Crippen molar-refractivity contribution in [3.8, 4) is 0 Å². The monoisotopic (exact) mass is 458 g/mol. The minimum atomic E-state index is -3.87. The van der Waals surface area contributed by atoms with E-state index in [1.54, 1.807) is 37.4 Å². The number of hydrogen-bond acceptors (Lipinski definition) is 6. The molecule has 0 aliphatic carbocycles. The van der Waals surface area contributed by atoms with Gasteiger partial charge in [0.05, 0.1) is 16.1 Å². The second-order valence-corrected chi connectivity index (χ2v) is 9.54. The Hall–Kier alpha value is -3.17. The number of rotatable bonds is 8. The Morgan fingerprint density at radius 3 is 2.42 bits per heavy atom. The fourth-order valence-corrected chi connectivity index (χ4v) is 4.69.